The molecular weight excluding hydrogens is 404 g/mol. The number of ether oxygens (including phenoxy) is 2. The highest BCUT2D eigenvalue weighted by molar-refractivity contribution is 5.91. The van der Waals surface area contributed by atoms with Gasteiger partial charge in [0.15, 0.2) is 11.6 Å². The number of rotatable bonds is 0. The summed E-state index contributed by atoms with van der Waals surface area (Å²) in [6.07, 6.45) is 9.87. The molecule has 1 spiro atoms. The number of ketones is 1. The molecule has 6 aliphatic rings. The topological polar surface area (TPSA) is 76.0 Å². The molecule has 0 radical (unpaired) electrons. The largest absolute Gasteiger partial charge is 0.388 e. The zero-order valence-electron chi connectivity index (χ0n) is 20.2. The minimum absolute atomic E-state index is 0.121. The molecule has 32 heavy (non-hydrogen) atoms. The number of carbonyl (C=O) groups excluding carboxylic acids is 1. The molecule has 5 heteroatoms. The van der Waals surface area contributed by atoms with Crippen molar-refractivity contribution < 1.29 is 24.5 Å². The van der Waals surface area contributed by atoms with Gasteiger partial charge in [0.25, 0.3) is 0 Å². The quantitative estimate of drug-likeness (QED) is 0.587. The predicted octanol–water partition coefficient (Wildman–Crippen LogP) is 4.15. The Morgan fingerprint density at radius 3 is 2.50 bits per heavy atom. The maximum absolute atomic E-state index is 12.4. The van der Waals surface area contributed by atoms with E-state index in [1.165, 1.54) is 5.57 Å². The SMILES string of the molecule is C[C@@H]1[C@@]2(CC[C@](C)(O)CO2)O[C@H]2C[C@H]3[C@@H]4CCC5=CC(=O)CC[C@]5(C)[C@H]4CC[C@]3(C)[C@]21O. The Morgan fingerprint density at radius 1 is 1.00 bits per heavy atom. The average Bonchev–Trinajstić information content (AvgIpc) is 3.10. The molecule has 2 heterocycles. The molecule has 0 amide bonds. The van der Waals surface area contributed by atoms with Crippen molar-refractivity contribution in [3.8, 4) is 0 Å². The molecule has 0 aromatic carbocycles. The monoisotopic (exact) mass is 444 g/mol. The maximum atomic E-state index is 12.4. The van der Waals surface area contributed by atoms with Crippen LogP contribution in [0.15, 0.2) is 11.6 Å². The summed E-state index contributed by atoms with van der Waals surface area (Å²) in [7, 11) is 0. The van der Waals surface area contributed by atoms with E-state index in [1.54, 1.807) is 0 Å². The summed E-state index contributed by atoms with van der Waals surface area (Å²) in [6, 6.07) is 0. The number of allylic oxidation sites excluding steroid dienone is 1. The Hall–Kier alpha value is -0.750. The first-order chi connectivity index (χ1) is 15.0. The van der Waals surface area contributed by atoms with Gasteiger partial charge in [0.2, 0.25) is 0 Å². The molecule has 6 rings (SSSR count). The second kappa shape index (κ2) is 6.47. The fraction of sp³-hybridized carbons (Fsp3) is 0.889. The molecule has 10 atom stereocenters. The molecule has 2 N–H and O–H groups in total. The number of hydrogen-bond donors (Lipinski definition) is 2. The summed E-state index contributed by atoms with van der Waals surface area (Å²) in [5, 5.41) is 22.8. The molecule has 178 valence electrons. The minimum Gasteiger partial charge on any atom is -0.388 e. The molecule has 2 aliphatic heterocycles. The summed E-state index contributed by atoms with van der Waals surface area (Å²) >= 11 is 0. The third kappa shape index (κ3) is 2.52. The van der Waals surface area contributed by atoms with Crippen LogP contribution < -0.4 is 0 Å². The molecular formula is C27H40O5. The molecule has 3 saturated carbocycles. The molecule has 0 aromatic rings. The highest BCUT2D eigenvalue weighted by Crippen LogP contribution is 2.72. The second-order valence-corrected chi connectivity index (χ2v) is 12.9. The highest BCUT2D eigenvalue weighted by atomic mass is 16.7. The zero-order chi connectivity index (χ0) is 22.7. The van der Waals surface area contributed by atoms with Crippen LogP contribution in [0, 0.1) is 34.5 Å². The first kappa shape index (κ1) is 21.8. The lowest BCUT2D eigenvalue weighted by Gasteiger charge is -2.59. The van der Waals surface area contributed by atoms with Crippen LogP contribution in [-0.2, 0) is 14.3 Å². The lowest BCUT2D eigenvalue weighted by Crippen LogP contribution is -2.60. The van der Waals surface area contributed by atoms with E-state index in [0.717, 1.165) is 38.5 Å². The van der Waals surface area contributed by atoms with E-state index in [4.69, 9.17) is 9.47 Å². The highest BCUT2D eigenvalue weighted by Gasteiger charge is 2.76. The second-order valence-electron chi connectivity index (χ2n) is 12.9. The van der Waals surface area contributed by atoms with Crippen LogP contribution >= 0.6 is 0 Å². The van der Waals surface area contributed by atoms with Crippen LogP contribution in [0.3, 0.4) is 0 Å². The van der Waals surface area contributed by atoms with Gasteiger partial charge in [-0.25, -0.2) is 0 Å². The summed E-state index contributed by atoms with van der Waals surface area (Å²) < 4.78 is 12.9. The Labute approximate surface area is 191 Å². The molecule has 0 bridgehead atoms. The van der Waals surface area contributed by atoms with Gasteiger partial charge >= 0.3 is 0 Å². The number of aliphatic hydroxyl groups is 2. The van der Waals surface area contributed by atoms with Crippen LogP contribution in [0.4, 0.5) is 0 Å². The van der Waals surface area contributed by atoms with Gasteiger partial charge in [-0.2, -0.15) is 0 Å². The van der Waals surface area contributed by atoms with Gasteiger partial charge in [-0.1, -0.05) is 26.3 Å². The van der Waals surface area contributed by atoms with Crippen molar-refractivity contribution in [1.29, 1.82) is 0 Å². The Bertz CT molecular complexity index is 867. The zero-order valence-corrected chi connectivity index (χ0v) is 20.2. The van der Waals surface area contributed by atoms with Crippen LogP contribution in [0.5, 0.6) is 0 Å². The van der Waals surface area contributed by atoms with Crippen molar-refractivity contribution in [2.45, 2.75) is 109 Å². The lowest BCUT2D eigenvalue weighted by atomic mass is 9.45. The summed E-state index contributed by atoms with van der Waals surface area (Å²) in [5.41, 5.74) is -0.367. The maximum Gasteiger partial charge on any atom is 0.174 e. The van der Waals surface area contributed by atoms with Crippen LogP contribution in [-0.4, -0.2) is 45.7 Å². The fourth-order valence-corrected chi connectivity index (χ4v) is 9.48. The van der Waals surface area contributed by atoms with Crippen molar-refractivity contribution >= 4 is 5.78 Å². The summed E-state index contributed by atoms with van der Waals surface area (Å²) in [5.74, 6) is 1.04. The van der Waals surface area contributed by atoms with Crippen molar-refractivity contribution in [2.75, 3.05) is 6.61 Å². The van der Waals surface area contributed by atoms with Crippen molar-refractivity contribution in [2.24, 2.45) is 34.5 Å². The van der Waals surface area contributed by atoms with Crippen LogP contribution in [0.25, 0.3) is 0 Å². The third-order valence-corrected chi connectivity index (χ3v) is 11.5. The fourth-order valence-electron chi connectivity index (χ4n) is 9.48. The third-order valence-electron chi connectivity index (χ3n) is 11.5. The molecule has 5 fully saturated rings. The van der Waals surface area contributed by atoms with E-state index >= 15 is 0 Å². The van der Waals surface area contributed by atoms with E-state index < -0.39 is 17.0 Å². The van der Waals surface area contributed by atoms with E-state index in [-0.39, 0.29) is 29.5 Å². The van der Waals surface area contributed by atoms with Gasteiger partial charge in [-0.3, -0.25) is 4.79 Å². The lowest BCUT2D eigenvalue weighted by molar-refractivity contribution is -0.295. The van der Waals surface area contributed by atoms with Crippen molar-refractivity contribution in [1.82, 2.24) is 0 Å². The van der Waals surface area contributed by atoms with E-state index in [0.29, 0.717) is 42.8 Å². The first-order valence-electron chi connectivity index (χ1n) is 13.0. The van der Waals surface area contributed by atoms with Gasteiger partial charge in [0.1, 0.15) is 5.60 Å². The van der Waals surface area contributed by atoms with Gasteiger partial charge in [-0.15, -0.1) is 0 Å². The van der Waals surface area contributed by atoms with Crippen LogP contribution in [0.1, 0.15) is 85.5 Å². The van der Waals surface area contributed by atoms with E-state index in [2.05, 4.69) is 20.8 Å². The number of hydrogen-bond acceptors (Lipinski definition) is 5. The standard InChI is InChI=1S/C27H40O5/c1-16-26(12-11-23(2,29)15-31-26)32-22-14-21-19-6-5-17-13-18(28)7-9-24(17,3)20(19)8-10-25(21,4)27(16,22)30/h13,16,19-22,29-30H,5-12,14-15H2,1-4H3/t16-,19-,20+,21+,22+,23+,24+,25+,26-,27-/m1/s1. The number of carbonyl (C=O) groups is 1. The van der Waals surface area contributed by atoms with Gasteiger partial charge in [0, 0.05) is 24.2 Å². The van der Waals surface area contributed by atoms with Crippen molar-refractivity contribution in [3.63, 3.8) is 0 Å². The molecule has 2 saturated heterocycles. The van der Waals surface area contributed by atoms with Gasteiger partial charge < -0.3 is 19.7 Å². The Morgan fingerprint density at radius 2 is 1.78 bits per heavy atom. The Kier molecular flexibility index (Phi) is 4.40. The predicted molar refractivity (Wildman–Crippen MR) is 120 cm³/mol. The molecule has 5 nitrogen and oxygen atoms in total. The van der Waals surface area contributed by atoms with Crippen molar-refractivity contribution in [3.05, 3.63) is 11.6 Å². The first-order valence-corrected chi connectivity index (χ1v) is 13.0. The molecule has 4 aliphatic carbocycles. The minimum atomic E-state index is -0.897. The van der Waals surface area contributed by atoms with Gasteiger partial charge in [0.05, 0.1) is 18.3 Å². The summed E-state index contributed by atoms with van der Waals surface area (Å²) in [6.45, 7) is 8.93. The number of fused-ring (bicyclic) bond motifs is 7. The molecule has 0 aromatic heterocycles. The summed E-state index contributed by atoms with van der Waals surface area (Å²) in [4.78, 5) is 12.1. The van der Waals surface area contributed by atoms with Gasteiger partial charge in [-0.05, 0) is 81.1 Å². The van der Waals surface area contributed by atoms with E-state index in [1.807, 2.05) is 13.0 Å². The normalized spacial score (nSPS) is 59.2. The average molecular weight is 445 g/mol. The Balaban J connectivity index is 1.31. The van der Waals surface area contributed by atoms with Crippen LogP contribution in [0.2, 0.25) is 0 Å². The smallest absolute Gasteiger partial charge is 0.174 e. The molecule has 0 unspecified atom stereocenters. The van der Waals surface area contributed by atoms with E-state index in [9.17, 15) is 15.0 Å².